The Bertz CT molecular complexity index is 135. The lowest BCUT2D eigenvalue weighted by Gasteiger charge is -2.11. The van der Waals surface area contributed by atoms with Crippen molar-refractivity contribution in [1.82, 2.24) is 0 Å². The molecule has 0 aliphatic carbocycles. The van der Waals surface area contributed by atoms with Crippen LogP contribution in [-0.2, 0) is 14.3 Å². The number of carboxylic acid groups (broad SMARTS) is 1. The van der Waals surface area contributed by atoms with Crippen LogP contribution < -0.4 is 5.73 Å². The first-order valence-electron chi connectivity index (χ1n) is 3.42. The summed E-state index contributed by atoms with van der Waals surface area (Å²) in [5, 5.41) is 6.89. The van der Waals surface area contributed by atoms with Gasteiger partial charge in [-0.25, -0.2) is 0 Å². The summed E-state index contributed by atoms with van der Waals surface area (Å²) in [6.45, 7) is 3.50. The summed E-state index contributed by atoms with van der Waals surface area (Å²) in [7, 11) is 1.34. The third-order valence-electron chi connectivity index (χ3n) is 1.19. The molecule has 1 unspecified atom stereocenters. The Hall–Kier alpha value is -1.10. The topological polar surface area (TPSA) is 89.6 Å². The van der Waals surface area contributed by atoms with Gasteiger partial charge in [0.15, 0.2) is 0 Å². The van der Waals surface area contributed by atoms with E-state index in [1.54, 1.807) is 0 Å². The number of nitrogens with two attached hydrogens (primary N) is 1. The van der Waals surface area contributed by atoms with E-state index in [1.807, 2.05) is 13.8 Å². The van der Waals surface area contributed by atoms with Gasteiger partial charge in [-0.2, -0.15) is 0 Å². The minimum absolute atomic E-state index is 0.150. The number of methoxy groups -OCH3 is 1. The van der Waals surface area contributed by atoms with Crippen LogP contribution in [0, 0.1) is 5.92 Å². The van der Waals surface area contributed by atoms with E-state index in [0.717, 1.165) is 0 Å². The Kier molecular flexibility index (Phi) is 8.99. The maximum Gasteiger partial charge on any atom is 0.322 e. The molecule has 5 heteroatoms. The van der Waals surface area contributed by atoms with Crippen LogP contribution in [0.5, 0.6) is 0 Å². The molecule has 0 amide bonds. The second-order valence-corrected chi connectivity index (χ2v) is 2.40. The van der Waals surface area contributed by atoms with E-state index in [1.165, 1.54) is 7.11 Å². The third-order valence-corrected chi connectivity index (χ3v) is 1.19. The third kappa shape index (κ3) is 7.01. The molecule has 12 heavy (non-hydrogen) atoms. The Morgan fingerprint density at radius 3 is 2.00 bits per heavy atom. The molecular formula is C7H15NO4. The lowest BCUT2D eigenvalue weighted by atomic mass is 10.1. The van der Waals surface area contributed by atoms with E-state index < -0.39 is 6.04 Å². The molecule has 72 valence electrons. The van der Waals surface area contributed by atoms with Crippen molar-refractivity contribution < 1.29 is 19.4 Å². The fourth-order valence-electron chi connectivity index (χ4n) is 0.408. The van der Waals surface area contributed by atoms with E-state index >= 15 is 0 Å². The van der Waals surface area contributed by atoms with Gasteiger partial charge in [-0.3, -0.25) is 9.59 Å². The van der Waals surface area contributed by atoms with E-state index in [2.05, 4.69) is 4.74 Å². The Labute approximate surface area is 71.5 Å². The molecule has 1 atom stereocenters. The maximum absolute atomic E-state index is 10.6. The predicted octanol–water partition coefficient (Wildman–Crippen LogP) is -0.156. The summed E-state index contributed by atoms with van der Waals surface area (Å²) in [6, 6.07) is -0.477. The fourth-order valence-corrected chi connectivity index (χ4v) is 0.408. The second kappa shape index (κ2) is 8.00. The van der Waals surface area contributed by atoms with Crippen molar-refractivity contribution in [2.75, 3.05) is 7.11 Å². The first kappa shape index (κ1) is 13.5. The minimum Gasteiger partial charge on any atom is -0.483 e. The van der Waals surface area contributed by atoms with Crippen LogP contribution in [0.2, 0.25) is 0 Å². The highest BCUT2D eigenvalue weighted by Crippen LogP contribution is 1.98. The van der Waals surface area contributed by atoms with E-state index in [-0.39, 0.29) is 18.4 Å². The number of ether oxygens (including phenoxy) is 1. The first-order valence-corrected chi connectivity index (χ1v) is 3.42. The van der Waals surface area contributed by atoms with Crippen LogP contribution in [0.3, 0.4) is 0 Å². The zero-order valence-electron chi connectivity index (χ0n) is 7.48. The second-order valence-electron chi connectivity index (χ2n) is 2.40. The quantitative estimate of drug-likeness (QED) is 0.452. The first-order chi connectivity index (χ1) is 5.51. The predicted molar refractivity (Wildman–Crippen MR) is 43.5 cm³/mol. The number of carbonyl (C=O) groups is 2. The van der Waals surface area contributed by atoms with E-state index in [4.69, 9.17) is 15.6 Å². The van der Waals surface area contributed by atoms with Crippen molar-refractivity contribution in [3.63, 3.8) is 0 Å². The van der Waals surface area contributed by atoms with Gasteiger partial charge in [0, 0.05) is 0 Å². The Balaban J connectivity index is 0. The average Bonchev–Trinajstić information content (AvgIpc) is 2.03. The highest BCUT2D eigenvalue weighted by atomic mass is 16.5. The van der Waals surface area contributed by atoms with Gasteiger partial charge in [-0.15, -0.1) is 0 Å². The van der Waals surface area contributed by atoms with Crippen molar-refractivity contribution in [2.24, 2.45) is 11.7 Å². The van der Waals surface area contributed by atoms with Crippen LogP contribution in [-0.4, -0.2) is 30.7 Å². The molecular weight excluding hydrogens is 162 g/mol. The Morgan fingerprint density at radius 1 is 1.58 bits per heavy atom. The highest BCUT2D eigenvalue weighted by molar-refractivity contribution is 5.75. The molecule has 0 fully saturated rings. The maximum atomic E-state index is 10.6. The van der Waals surface area contributed by atoms with Crippen molar-refractivity contribution >= 4 is 12.4 Å². The molecule has 0 heterocycles. The molecule has 0 aromatic carbocycles. The van der Waals surface area contributed by atoms with Crippen LogP contribution in [0.25, 0.3) is 0 Å². The number of hydrogen-bond acceptors (Lipinski definition) is 4. The molecule has 0 aliphatic rings. The van der Waals surface area contributed by atoms with Crippen LogP contribution >= 0.6 is 0 Å². The van der Waals surface area contributed by atoms with Crippen molar-refractivity contribution in [1.29, 1.82) is 0 Å². The van der Waals surface area contributed by atoms with Crippen molar-refractivity contribution in [2.45, 2.75) is 19.9 Å². The summed E-state index contributed by atoms with van der Waals surface area (Å²) in [6.07, 6.45) is 0. The zero-order chi connectivity index (χ0) is 10.1. The summed E-state index contributed by atoms with van der Waals surface area (Å²) < 4.78 is 4.41. The zero-order valence-corrected chi connectivity index (χ0v) is 7.48. The van der Waals surface area contributed by atoms with Gasteiger partial charge >= 0.3 is 5.97 Å². The standard InChI is InChI=1S/C6H13NO2.CH2O2/c1-4(2)5(7)6(8)9-3;2-1-3/h4-5H,7H2,1-3H3;1H,(H,2,3). The van der Waals surface area contributed by atoms with Gasteiger partial charge in [0.25, 0.3) is 6.47 Å². The van der Waals surface area contributed by atoms with Crippen molar-refractivity contribution in [3.05, 3.63) is 0 Å². The lowest BCUT2D eigenvalue weighted by molar-refractivity contribution is -0.143. The molecule has 0 bridgehead atoms. The molecule has 5 nitrogen and oxygen atoms in total. The van der Waals surface area contributed by atoms with E-state index in [9.17, 15) is 4.79 Å². The molecule has 0 rings (SSSR count). The largest absolute Gasteiger partial charge is 0.483 e. The van der Waals surface area contributed by atoms with Crippen LogP contribution in [0.4, 0.5) is 0 Å². The summed E-state index contributed by atoms with van der Waals surface area (Å²) in [5.41, 5.74) is 5.40. The molecule has 0 spiro atoms. The molecule has 0 saturated carbocycles. The number of rotatable bonds is 2. The summed E-state index contributed by atoms with van der Waals surface area (Å²) in [4.78, 5) is 19.0. The minimum atomic E-state index is -0.477. The molecule has 0 radical (unpaired) electrons. The van der Waals surface area contributed by atoms with Crippen LogP contribution in [0.15, 0.2) is 0 Å². The SMILES string of the molecule is COC(=O)C(N)C(C)C.O=CO. The fraction of sp³-hybridized carbons (Fsp3) is 0.714. The number of esters is 1. The van der Waals surface area contributed by atoms with Crippen LogP contribution in [0.1, 0.15) is 13.8 Å². The number of hydrogen-bond donors (Lipinski definition) is 2. The molecule has 0 aliphatic heterocycles. The van der Waals surface area contributed by atoms with Crippen molar-refractivity contribution in [3.8, 4) is 0 Å². The van der Waals surface area contributed by atoms with Gasteiger partial charge in [0.05, 0.1) is 7.11 Å². The van der Waals surface area contributed by atoms with Gasteiger partial charge in [0.1, 0.15) is 6.04 Å². The molecule has 0 aromatic rings. The van der Waals surface area contributed by atoms with Gasteiger partial charge in [-0.05, 0) is 5.92 Å². The van der Waals surface area contributed by atoms with Gasteiger partial charge < -0.3 is 15.6 Å². The average molecular weight is 177 g/mol. The lowest BCUT2D eigenvalue weighted by Crippen LogP contribution is -2.36. The number of carbonyl (C=O) groups excluding carboxylic acids is 1. The normalized spacial score (nSPS) is 11.1. The molecule has 0 saturated heterocycles. The van der Waals surface area contributed by atoms with Gasteiger partial charge in [0.2, 0.25) is 0 Å². The van der Waals surface area contributed by atoms with E-state index in [0.29, 0.717) is 0 Å². The summed E-state index contributed by atoms with van der Waals surface area (Å²) >= 11 is 0. The monoisotopic (exact) mass is 177 g/mol. The Morgan fingerprint density at radius 2 is 1.92 bits per heavy atom. The molecule has 3 N–H and O–H groups in total. The highest BCUT2D eigenvalue weighted by Gasteiger charge is 2.16. The smallest absolute Gasteiger partial charge is 0.322 e. The summed E-state index contributed by atoms with van der Waals surface area (Å²) in [5.74, 6) is -0.192. The molecule has 0 aromatic heterocycles. The van der Waals surface area contributed by atoms with Gasteiger partial charge in [-0.1, -0.05) is 13.8 Å².